The minimum absolute atomic E-state index is 0.131. The molecule has 4 fully saturated rings. The van der Waals surface area contributed by atoms with Crippen LogP contribution in [0, 0.1) is 5.82 Å². The quantitative estimate of drug-likeness (QED) is 0.821. The van der Waals surface area contributed by atoms with E-state index in [4.69, 9.17) is 19.9 Å². The smallest absolute Gasteiger partial charge is 0.214 e. The number of fused-ring (bicyclic) bond motifs is 4. The van der Waals surface area contributed by atoms with Crippen LogP contribution >= 0.6 is 0 Å². The van der Waals surface area contributed by atoms with Gasteiger partial charge in [0.25, 0.3) is 0 Å². The first kappa shape index (κ1) is 18.2. The van der Waals surface area contributed by atoms with Crippen LogP contribution in [0.2, 0.25) is 0 Å². The Bertz CT molecular complexity index is 862. The van der Waals surface area contributed by atoms with Crippen LogP contribution < -0.4 is 10.5 Å². The van der Waals surface area contributed by atoms with Gasteiger partial charge in [-0.3, -0.25) is 4.98 Å². The third-order valence-corrected chi connectivity index (χ3v) is 6.60. The molecule has 0 spiro atoms. The van der Waals surface area contributed by atoms with Crippen LogP contribution in [0.5, 0.6) is 5.88 Å². The molecule has 7 heteroatoms. The van der Waals surface area contributed by atoms with E-state index in [9.17, 15) is 4.39 Å². The number of pyridine rings is 2. The molecule has 150 valence electrons. The highest BCUT2D eigenvalue weighted by atomic mass is 19.1. The number of nitrogens with two attached hydrogens (primary N) is 1. The molecule has 1 aliphatic carbocycles. The van der Waals surface area contributed by atoms with Gasteiger partial charge in [0.2, 0.25) is 5.88 Å². The van der Waals surface area contributed by atoms with Crippen molar-refractivity contribution in [2.24, 2.45) is 5.73 Å². The lowest BCUT2D eigenvalue weighted by Crippen LogP contribution is -2.59. The van der Waals surface area contributed by atoms with E-state index in [1.54, 1.807) is 6.07 Å². The first-order valence-electron chi connectivity index (χ1n) is 10.2. The van der Waals surface area contributed by atoms with Gasteiger partial charge in [-0.15, -0.1) is 0 Å². The Morgan fingerprint density at radius 1 is 1.25 bits per heavy atom. The van der Waals surface area contributed by atoms with E-state index in [1.165, 1.54) is 6.20 Å². The van der Waals surface area contributed by atoms with E-state index in [-0.39, 0.29) is 23.1 Å². The van der Waals surface area contributed by atoms with Crippen LogP contribution in [-0.2, 0) is 15.9 Å². The maximum Gasteiger partial charge on any atom is 0.214 e. The second kappa shape index (κ2) is 6.90. The number of hydrogen-bond donors (Lipinski definition) is 1. The Morgan fingerprint density at radius 3 is 2.75 bits per heavy atom. The molecule has 0 aromatic carbocycles. The summed E-state index contributed by atoms with van der Waals surface area (Å²) in [5.74, 6) is 0.157. The number of ether oxygens (including phenoxy) is 3. The van der Waals surface area contributed by atoms with E-state index in [1.807, 2.05) is 6.07 Å². The molecule has 2 N–H and O–H groups in total. The fourth-order valence-corrected chi connectivity index (χ4v) is 4.45. The number of halogens is 1. The zero-order valence-corrected chi connectivity index (χ0v) is 16.0. The molecule has 6 rings (SSSR count). The number of hydrogen-bond acceptors (Lipinski definition) is 6. The van der Waals surface area contributed by atoms with Crippen molar-refractivity contribution in [2.45, 2.75) is 62.2 Å². The normalized spacial score (nSPS) is 31.7. The van der Waals surface area contributed by atoms with Gasteiger partial charge in [-0.2, -0.15) is 0 Å². The minimum atomic E-state index is -0.323. The molecule has 0 unspecified atom stereocenters. The maximum atomic E-state index is 14.7. The molecular formula is C21H26FN3O3. The summed E-state index contributed by atoms with van der Waals surface area (Å²) in [6, 6.07) is 3.61. The lowest BCUT2D eigenvalue weighted by atomic mass is 9.70. The first-order chi connectivity index (χ1) is 13.5. The van der Waals surface area contributed by atoms with Gasteiger partial charge in [0.05, 0.1) is 35.5 Å². The van der Waals surface area contributed by atoms with Crippen molar-refractivity contribution in [3.63, 3.8) is 0 Å². The topological polar surface area (TPSA) is 79.5 Å². The zero-order chi connectivity index (χ0) is 19.2. The fraction of sp³-hybridized carbons (Fsp3) is 0.619. The van der Waals surface area contributed by atoms with E-state index in [0.29, 0.717) is 42.1 Å². The van der Waals surface area contributed by atoms with Gasteiger partial charge >= 0.3 is 0 Å². The van der Waals surface area contributed by atoms with Gasteiger partial charge in [-0.05, 0) is 44.6 Å². The average molecular weight is 387 g/mol. The highest BCUT2D eigenvalue weighted by Crippen LogP contribution is 2.45. The maximum absolute atomic E-state index is 14.7. The summed E-state index contributed by atoms with van der Waals surface area (Å²) in [6.07, 6.45) is 7.58. The van der Waals surface area contributed by atoms with Crippen LogP contribution in [-0.4, -0.2) is 47.0 Å². The molecule has 1 saturated carbocycles. The predicted molar refractivity (Wildman–Crippen MR) is 102 cm³/mol. The number of rotatable bonds is 6. The second-order valence-electron chi connectivity index (χ2n) is 8.53. The van der Waals surface area contributed by atoms with Crippen molar-refractivity contribution >= 4 is 11.0 Å². The molecular weight excluding hydrogens is 361 g/mol. The average Bonchev–Trinajstić information content (AvgIpc) is 2.67. The largest absolute Gasteiger partial charge is 0.475 e. The van der Waals surface area contributed by atoms with Crippen molar-refractivity contribution in [2.75, 3.05) is 19.8 Å². The number of aryl methyl sites for hydroxylation is 1. The monoisotopic (exact) mass is 387 g/mol. The van der Waals surface area contributed by atoms with E-state index in [2.05, 4.69) is 9.97 Å². The lowest BCUT2D eigenvalue weighted by molar-refractivity contribution is -0.156. The zero-order valence-electron chi connectivity index (χ0n) is 16.0. The van der Waals surface area contributed by atoms with Crippen molar-refractivity contribution in [1.29, 1.82) is 0 Å². The first-order valence-corrected chi connectivity index (χ1v) is 10.2. The number of nitrogens with zero attached hydrogens (tertiary/aromatic N) is 2. The second-order valence-corrected chi connectivity index (χ2v) is 8.53. The summed E-state index contributed by atoms with van der Waals surface area (Å²) in [6.45, 7) is 1.86. The van der Waals surface area contributed by atoms with E-state index >= 15 is 0 Å². The van der Waals surface area contributed by atoms with Crippen LogP contribution in [0.1, 0.15) is 44.1 Å². The van der Waals surface area contributed by atoms with Crippen LogP contribution in [0.3, 0.4) is 0 Å². The Balaban J connectivity index is 1.36. The highest BCUT2D eigenvalue weighted by Gasteiger charge is 2.47. The standard InChI is InChI=1S/C21H26FN3O3/c22-16-11-24-17-1-2-18(27-12-14-4-10-26-14)25-19(17)15(16)3-5-21-8-6-20(23,7-9-21)13-28-21/h1-2,11,14H,3-10,12-13,23H2/t14-,20?,21?/m0/s1. The lowest BCUT2D eigenvalue weighted by Gasteiger charge is -2.51. The van der Waals surface area contributed by atoms with Gasteiger partial charge in [-0.25, -0.2) is 9.37 Å². The van der Waals surface area contributed by atoms with Gasteiger partial charge < -0.3 is 19.9 Å². The Labute approximate surface area is 163 Å². The van der Waals surface area contributed by atoms with Gasteiger partial charge in [0, 0.05) is 30.2 Å². The van der Waals surface area contributed by atoms with Gasteiger partial charge in [0.15, 0.2) is 0 Å². The molecule has 2 bridgehead atoms. The molecule has 0 amide bonds. The summed E-state index contributed by atoms with van der Waals surface area (Å²) < 4.78 is 31.9. The molecule has 4 aliphatic rings. The summed E-state index contributed by atoms with van der Waals surface area (Å²) in [5, 5.41) is 0. The highest BCUT2D eigenvalue weighted by molar-refractivity contribution is 5.78. The molecule has 0 radical (unpaired) electrons. The molecule has 6 nitrogen and oxygen atoms in total. The Hall–Kier alpha value is -1.83. The van der Waals surface area contributed by atoms with E-state index in [0.717, 1.165) is 45.1 Å². The Morgan fingerprint density at radius 2 is 2.07 bits per heavy atom. The predicted octanol–water partition coefficient (Wildman–Crippen LogP) is 2.91. The minimum Gasteiger partial charge on any atom is -0.475 e. The van der Waals surface area contributed by atoms with Crippen molar-refractivity contribution in [3.05, 3.63) is 29.7 Å². The third kappa shape index (κ3) is 3.36. The third-order valence-electron chi connectivity index (χ3n) is 6.60. The van der Waals surface area contributed by atoms with Crippen molar-refractivity contribution in [1.82, 2.24) is 9.97 Å². The summed E-state index contributed by atoms with van der Waals surface area (Å²) in [4.78, 5) is 8.75. The number of aromatic nitrogens is 2. The molecule has 28 heavy (non-hydrogen) atoms. The molecule has 5 heterocycles. The molecule has 3 aliphatic heterocycles. The van der Waals surface area contributed by atoms with Crippen molar-refractivity contribution in [3.8, 4) is 5.88 Å². The molecule has 2 aromatic rings. The van der Waals surface area contributed by atoms with Gasteiger partial charge in [0.1, 0.15) is 12.4 Å². The van der Waals surface area contributed by atoms with Gasteiger partial charge in [-0.1, -0.05) is 0 Å². The van der Waals surface area contributed by atoms with Crippen molar-refractivity contribution < 1.29 is 18.6 Å². The molecule has 2 aromatic heterocycles. The van der Waals surface area contributed by atoms with Crippen LogP contribution in [0.25, 0.3) is 11.0 Å². The fourth-order valence-electron chi connectivity index (χ4n) is 4.45. The molecule has 1 atom stereocenters. The Kier molecular flexibility index (Phi) is 4.49. The SMILES string of the molecule is NC12CCC(CCc3c(F)cnc4ccc(OC[C@@H]5CCO5)nc34)(CC1)OC2. The van der Waals surface area contributed by atoms with Crippen LogP contribution in [0.15, 0.2) is 18.3 Å². The molecule has 3 saturated heterocycles. The van der Waals surface area contributed by atoms with E-state index < -0.39 is 0 Å². The summed E-state index contributed by atoms with van der Waals surface area (Å²) in [5.41, 5.74) is 7.81. The summed E-state index contributed by atoms with van der Waals surface area (Å²) in [7, 11) is 0. The van der Waals surface area contributed by atoms with Crippen LogP contribution in [0.4, 0.5) is 4.39 Å². The summed E-state index contributed by atoms with van der Waals surface area (Å²) >= 11 is 0.